The predicted molar refractivity (Wildman–Crippen MR) is 81.6 cm³/mol. The molecule has 1 aromatic rings. The third-order valence-electron chi connectivity index (χ3n) is 4.09. The standard InChI is InChI=1S/C16H26N2O3/c1-5-21-12(16(2,3)4)13-17-14(19)11(15(20)18-13)10-8-6-7-9-10/h10,12H,5-9H2,1-4H3,(H2,17,18,19,20). The van der Waals surface area contributed by atoms with Crippen molar-refractivity contribution in [3.63, 3.8) is 0 Å². The quantitative estimate of drug-likeness (QED) is 0.893. The molecule has 5 heteroatoms. The van der Waals surface area contributed by atoms with Crippen LogP contribution < -0.4 is 5.56 Å². The average molecular weight is 294 g/mol. The smallest absolute Gasteiger partial charge is 0.258 e. The van der Waals surface area contributed by atoms with E-state index in [2.05, 4.69) is 9.97 Å². The molecule has 1 aromatic heterocycles. The van der Waals surface area contributed by atoms with Crippen LogP contribution in [0, 0.1) is 5.41 Å². The van der Waals surface area contributed by atoms with Crippen molar-refractivity contribution in [2.75, 3.05) is 6.61 Å². The molecule has 1 fully saturated rings. The predicted octanol–water partition coefficient (Wildman–Crippen LogP) is 3.26. The summed E-state index contributed by atoms with van der Waals surface area (Å²) in [6, 6.07) is 0. The van der Waals surface area contributed by atoms with Crippen molar-refractivity contribution in [2.45, 2.75) is 65.4 Å². The molecule has 1 unspecified atom stereocenters. The molecule has 1 aliphatic carbocycles. The first-order valence-corrected chi connectivity index (χ1v) is 7.79. The molecule has 1 saturated carbocycles. The molecule has 2 rings (SSSR count). The summed E-state index contributed by atoms with van der Waals surface area (Å²) in [4.78, 5) is 19.4. The second-order valence-electron chi connectivity index (χ2n) is 6.87. The zero-order valence-corrected chi connectivity index (χ0v) is 13.4. The fraction of sp³-hybridized carbons (Fsp3) is 0.750. The van der Waals surface area contributed by atoms with Gasteiger partial charge in [0, 0.05) is 6.61 Å². The molecule has 21 heavy (non-hydrogen) atoms. The van der Waals surface area contributed by atoms with E-state index in [1.807, 2.05) is 27.7 Å². The number of nitrogens with one attached hydrogen (secondary N) is 1. The summed E-state index contributed by atoms with van der Waals surface area (Å²) in [5.74, 6) is 0.415. The Labute approximate surface area is 125 Å². The van der Waals surface area contributed by atoms with E-state index in [0.29, 0.717) is 18.0 Å². The van der Waals surface area contributed by atoms with Crippen LogP contribution in [-0.4, -0.2) is 21.7 Å². The third kappa shape index (κ3) is 3.46. The van der Waals surface area contributed by atoms with Gasteiger partial charge in [-0.15, -0.1) is 0 Å². The van der Waals surface area contributed by atoms with E-state index in [4.69, 9.17) is 4.74 Å². The van der Waals surface area contributed by atoms with Crippen LogP contribution in [0.15, 0.2) is 4.79 Å². The first kappa shape index (κ1) is 16.0. The zero-order valence-electron chi connectivity index (χ0n) is 13.4. The number of nitrogens with zero attached hydrogens (tertiary/aromatic N) is 1. The Morgan fingerprint density at radius 1 is 1.38 bits per heavy atom. The maximum absolute atomic E-state index is 12.4. The van der Waals surface area contributed by atoms with E-state index < -0.39 is 0 Å². The Hall–Kier alpha value is -1.36. The molecule has 2 N–H and O–H groups in total. The zero-order chi connectivity index (χ0) is 15.6. The van der Waals surface area contributed by atoms with Crippen LogP contribution in [0.1, 0.15) is 76.8 Å². The number of H-pyrrole nitrogens is 1. The van der Waals surface area contributed by atoms with E-state index in [9.17, 15) is 9.90 Å². The van der Waals surface area contributed by atoms with Crippen LogP contribution >= 0.6 is 0 Å². The fourth-order valence-electron chi connectivity index (χ4n) is 3.10. The minimum absolute atomic E-state index is 0.130. The van der Waals surface area contributed by atoms with Gasteiger partial charge in [0.05, 0.1) is 5.56 Å². The van der Waals surface area contributed by atoms with Crippen LogP contribution in [0.5, 0.6) is 5.88 Å². The van der Waals surface area contributed by atoms with Gasteiger partial charge in [-0.05, 0) is 31.1 Å². The van der Waals surface area contributed by atoms with Gasteiger partial charge < -0.3 is 14.8 Å². The maximum Gasteiger partial charge on any atom is 0.258 e. The highest BCUT2D eigenvalue weighted by Gasteiger charge is 2.31. The van der Waals surface area contributed by atoms with E-state index in [0.717, 1.165) is 25.7 Å². The number of aromatic hydroxyl groups is 1. The highest BCUT2D eigenvalue weighted by atomic mass is 16.5. The molecule has 0 saturated heterocycles. The molecule has 0 aliphatic heterocycles. The molecule has 1 heterocycles. The average Bonchev–Trinajstić information content (AvgIpc) is 2.87. The van der Waals surface area contributed by atoms with Gasteiger partial charge in [-0.2, -0.15) is 4.98 Å². The molecule has 0 amide bonds. The van der Waals surface area contributed by atoms with Crippen LogP contribution in [0.4, 0.5) is 0 Å². The van der Waals surface area contributed by atoms with Crippen molar-refractivity contribution in [2.24, 2.45) is 5.41 Å². The monoisotopic (exact) mass is 294 g/mol. The van der Waals surface area contributed by atoms with Gasteiger partial charge in [-0.25, -0.2) is 0 Å². The number of aromatic nitrogens is 2. The van der Waals surface area contributed by atoms with Gasteiger partial charge in [-0.1, -0.05) is 33.6 Å². The molecular weight excluding hydrogens is 268 g/mol. The minimum atomic E-state index is -0.348. The summed E-state index contributed by atoms with van der Waals surface area (Å²) in [6.07, 6.45) is 3.76. The second-order valence-corrected chi connectivity index (χ2v) is 6.87. The van der Waals surface area contributed by atoms with Crippen LogP contribution in [0.2, 0.25) is 0 Å². The topological polar surface area (TPSA) is 75.2 Å². The summed E-state index contributed by atoms with van der Waals surface area (Å²) in [5, 5.41) is 10.2. The van der Waals surface area contributed by atoms with Crippen molar-refractivity contribution >= 4 is 0 Å². The maximum atomic E-state index is 12.4. The molecule has 0 aromatic carbocycles. The van der Waals surface area contributed by atoms with E-state index in [1.165, 1.54) is 0 Å². The summed E-state index contributed by atoms with van der Waals surface area (Å²) < 4.78 is 5.72. The molecule has 1 aliphatic rings. The molecule has 0 spiro atoms. The lowest BCUT2D eigenvalue weighted by Crippen LogP contribution is -2.27. The molecule has 1 atom stereocenters. The first-order valence-electron chi connectivity index (χ1n) is 7.79. The third-order valence-corrected chi connectivity index (χ3v) is 4.09. The largest absolute Gasteiger partial charge is 0.493 e. The van der Waals surface area contributed by atoms with Crippen molar-refractivity contribution in [3.8, 4) is 5.88 Å². The van der Waals surface area contributed by atoms with Crippen LogP contribution in [0.3, 0.4) is 0 Å². The molecular formula is C16H26N2O3. The number of hydrogen-bond acceptors (Lipinski definition) is 4. The van der Waals surface area contributed by atoms with Gasteiger partial charge >= 0.3 is 0 Å². The van der Waals surface area contributed by atoms with Crippen LogP contribution in [-0.2, 0) is 4.74 Å². The Bertz CT molecular complexity index is 539. The van der Waals surface area contributed by atoms with Crippen molar-refractivity contribution < 1.29 is 9.84 Å². The Balaban J connectivity index is 2.40. The van der Waals surface area contributed by atoms with Gasteiger partial charge in [0.1, 0.15) is 11.9 Å². The second kappa shape index (κ2) is 6.18. The first-order chi connectivity index (χ1) is 9.84. The van der Waals surface area contributed by atoms with Gasteiger partial charge in [-0.3, -0.25) is 4.79 Å². The normalized spacial score (nSPS) is 18.1. The Morgan fingerprint density at radius 3 is 2.48 bits per heavy atom. The number of hydrogen-bond donors (Lipinski definition) is 2. The number of ether oxygens (including phenoxy) is 1. The summed E-state index contributed by atoms with van der Waals surface area (Å²) in [7, 11) is 0. The summed E-state index contributed by atoms with van der Waals surface area (Å²) >= 11 is 0. The highest BCUT2D eigenvalue weighted by Crippen LogP contribution is 2.38. The van der Waals surface area contributed by atoms with E-state index >= 15 is 0 Å². The van der Waals surface area contributed by atoms with Gasteiger partial charge in [0.2, 0.25) is 5.88 Å². The van der Waals surface area contributed by atoms with Gasteiger partial charge in [0.15, 0.2) is 0 Å². The lowest BCUT2D eigenvalue weighted by molar-refractivity contribution is -0.0196. The summed E-state index contributed by atoms with van der Waals surface area (Å²) in [5.41, 5.74) is 0.00606. The number of aromatic amines is 1. The minimum Gasteiger partial charge on any atom is -0.493 e. The molecule has 0 bridgehead atoms. The van der Waals surface area contributed by atoms with Crippen molar-refractivity contribution in [3.05, 3.63) is 21.7 Å². The summed E-state index contributed by atoms with van der Waals surface area (Å²) in [6.45, 7) is 8.50. The lowest BCUT2D eigenvalue weighted by Gasteiger charge is -2.29. The van der Waals surface area contributed by atoms with Crippen molar-refractivity contribution in [1.29, 1.82) is 0 Å². The van der Waals surface area contributed by atoms with E-state index in [1.54, 1.807) is 0 Å². The Kier molecular flexibility index (Phi) is 4.71. The van der Waals surface area contributed by atoms with Gasteiger partial charge in [0.25, 0.3) is 5.56 Å². The SMILES string of the molecule is CCOC(c1nc(O)c(C2CCCC2)c(=O)[nH]1)C(C)(C)C. The van der Waals surface area contributed by atoms with Crippen molar-refractivity contribution in [1.82, 2.24) is 9.97 Å². The molecule has 118 valence electrons. The number of rotatable bonds is 4. The molecule has 5 nitrogen and oxygen atoms in total. The Morgan fingerprint density at radius 2 is 2.00 bits per heavy atom. The fourth-order valence-corrected chi connectivity index (χ4v) is 3.10. The molecule has 0 radical (unpaired) electrons. The highest BCUT2D eigenvalue weighted by molar-refractivity contribution is 5.28. The van der Waals surface area contributed by atoms with E-state index in [-0.39, 0.29) is 28.9 Å². The van der Waals surface area contributed by atoms with Crippen LogP contribution in [0.25, 0.3) is 0 Å². The lowest BCUT2D eigenvalue weighted by atomic mass is 9.88.